The lowest BCUT2D eigenvalue weighted by molar-refractivity contribution is 0.0792. The molecule has 0 bridgehead atoms. The van der Waals surface area contributed by atoms with Gasteiger partial charge in [-0.05, 0) is 12.1 Å². The van der Waals surface area contributed by atoms with E-state index in [4.69, 9.17) is 21.1 Å². The Morgan fingerprint density at radius 3 is 2.67 bits per heavy atom. The molecular formula is C13H19ClFNO2. The van der Waals surface area contributed by atoms with Crippen LogP contribution < -0.4 is 10.1 Å². The Labute approximate surface area is 112 Å². The van der Waals surface area contributed by atoms with Crippen LogP contribution in [0.4, 0.5) is 4.39 Å². The second-order valence-electron chi connectivity index (χ2n) is 4.33. The number of ether oxygens (including phenoxy) is 2. The van der Waals surface area contributed by atoms with Crippen molar-refractivity contribution in [3.63, 3.8) is 0 Å². The molecule has 1 aromatic rings. The second kappa shape index (κ2) is 7.56. The maximum atomic E-state index is 13.3. The van der Waals surface area contributed by atoms with Gasteiger partial charge in [-0.25, -0.2) is 4.39 Å². The molecule has 18 heavy (non-hydrogen) atoms. The van der Waals surface area contributed by atoms with E-state index in [0.29, 0.717) is 24.9 Å². The Kier molecular flexibility index (Phi) is 6.39. The van der Waals surface area contributed by atoms with Gasteiger partial charge in [0.15, 0.2) is 0 Å². The molecule has 0 fully saturated rings. The monoisotopic (exact) mass is 275 g/mol. The number of methoxy groups -OCH3 is 1. The second-order valence-corrected chi connectivity index (χ2v) is 4.74. The molecule has 1 N–H and O–H groups in total. The molecule has 0 aliphatic rings. The van der Waals surface area contributed by atoms with Gasteiger partial charge in [0.1, 0.15) is 17.7 Å². The van der Waals surface area contributed by atoms with E-state index in [2.05, 4.69) is 5.32 Å². The Morgan fingerprint density at radius 1 is 1.39 bits per heavy atom. The van der Waals surface area contributed by atoms with E-state index in [-0.39, 0.29) is 11.1 Å². The van der Waals surface area contributed by atoms with Crippen molar-refractivity contribution in [2.45, 2.75) is 26.0 Å². The summed E-state index contributed by atoms with van der Waals surface area (Å²) in [7, 11) is 1.61. The van der Waals surface area contributed by atoms with E-state index in [1.54, 1.807) is 13.2 Å². The predicted octanol–water partition coefficient (Wildman–Crippen LogP) is 2.87. The molecule has 0 aliphatic carbocycles. The Bertz CT molecular complexity index is 374. The molecule has 1 atom stereocenters. The van der Waals surface area contributed by atoms with Gasteiger partial charge in [0.2, 0.25) is 0 Å². The van der Waals surface area contributed by atoms with Gasteiger partial charge in [-0.15, -0.1) is 0 Å². The largest absolute Gasteiger partial charge is 0.487 e. The van der Waals surface area contributed by atoms with Crippen LogP contribution in [-0.2, 0) is 4.74 Å². The number of hydrogen-bond acceptors (Lipinski definition) is 3. The van der Waals surface area contributed by atoms with Crippen LogP contribution in [0.25, 0.3) is 0 Å². The van der Waals surface area contributed by atoms with Crippen LogP contribution in [0, 0.1) is 5.82 Å². The molecule has 0 spiro atoms. The molecule has 0 saturated carbocycles. The van der Waals surface area contributed by atoms with E-state index >= 15 is 0 Å². The van der Waals surface area contributed by atoms with Gasteiger partial charge in [0.25, 0.3) is 0 Å². The molecule has 1 rings (SSSR count). The molecule has 0 aliphatic heterocycles. The fraction of sp³-hybridized carbons (Fsp3) is 0.538. The molecule has 1 aromatic carbocycles. The van der Waals surface area contributed by atoms with Crippen LogP contribution in [0.15, 0.2) is 18.2 Å². The lowest BCUT2D eigenvalue weighted by atomic mass is 10.3. The van der Waals surface area contributed by atoms with Gasteiger partial charge in [-0.1, -0.05) is 25.4 Å². The maximum Gasteiger partial charge on any atom is 0.145 e. The maximum absolute atomic E-state index is 13.3. The molecule has 0 aromatic heterocycles. The number of benzene rings is 1. The fourth-order valence-electron chi connectivity index (χ4n) is 1.43. The number of hydrogen-bond donors (Lipinski definition) is 1. The zero-order chi connectivity index (χ0) is 13.5. The highest BCUT2D eigenvalue weighted by Crippen LogP contribution is 2.21. The van der Waals surface area contributed by atoms with E-state index < -0.39 is 5.82 Å². The average Bonchev–Trinajstić information content (AvgIpc) is 2.31. The zero-order valence-corrected chi connectivity index (χ0v) is 11.6. The minimum Gasteiger partial charge on any atom is -0.487 e. The molecule has 102 valence electrons. The van der Waals surface area contributed by atoms with Gasteiger partial charge >= 0.3 is 0 Å². The summed E-state index contributed by atoms with van der Waals surface area (Å²) in [6.45, 7) is 5.16. The summed E-state index contributed by atoms with van der Waals surface area (Å²) < 4.78 is 24.0. The van der Waals surface area contributed by atoms with Crippen molar-refractivity contribution in [3.05, 3.63) is 29.0 Å². The quantitative estimate of drug-likeness (QED) is 0.830. The van der Waals surface area contributed by atoms with Crippen LogP contribution in [0.3, 0.4) is 0 Å². The highest BCUT2D eigenvalue weighted by atomic mass is 35.5. The normalized spacial score (nSPS) is 12.8. The van der Waals surface area contributed by atoms with Crippen LogP contribution in [0.5, 0.6) is 5.75 Å². The molecule has 0 heterocycles. The Morgan fingerprint density at radius 2 is 2.11 bits per heavy atom. The van der Waals surface area contributed by atoms with Gasteiger partial charge < -0.3 is 14.8 Å². The summed E-state index contributed by atoms with van der Waals surface area (Å²) >= 11 is 5.61. The summed E-state index contributed by atoms with van der Waals surface area (Å²) in [6.07, 6.45) is -0.169. The topological polar surface area (TPSA) is 30.5 Å². The third-order valence-corrected chi connectivity index (χ3v) is 2.61. The smallest absolute Gasteiger partial charge is 0.145 e. The van der Waals surface area contributed by atoms with Crippen molar-refractivity contribution in [1.82, 2.24) is 5.32 Å². The van der Waals surface area contributed by atoms with Crippen LogP contribution in [0.1, 0.15) is 13.8 Å². The van der Waals surface area contributed by atoms with Gasteiger partial charge in [0, 0.05) is 25.8 Å². The fourth-order valence-corrected chi connectivity index (χ4v) is 1.55. The minimum atomic E-state index is -0.484. The summed E-state index contributed by atoms with van der Waals surface area (Å²) in [5, 5.41) is 3.34. The summed E-state index contributed by atoms with van der Waals surface area (Å²) in [5.41, 5.74) is 0. The van der Waals surface area contributed by atoms with Crippen molar-refractivity contribution < 1.29 is 13.9 Å². The number of rotatable bonds is 7. The summed E-state index contributed by atoms with van der Waals surface area (Å²) in [5.74, 6) is -0.0355. The molecule has 5 heteroatoms. The zero-order valence-electron chi connectivity index (χ0n) is 10.9. The first-order valence-corrected chi connectivity index (χ1v) is 6.24. The molecular weight excluding hydrogens is 257 g/mol. The van der Waals surface area contributed by atoms with Crippen molar-refractivity contribution in [3.8, 4) is 5.75 Å². The number of halogens is 2. The molecule has 3 nitrogen and oxygen atoms in total. The SMILES string of the molecule is COCC(CNC(C)C)Oc1ccc(Cl)c(F)c1. The molecule has 1 unspecified atom stereocenters. The lowest BCUT2D eigenvalue weighted by Crippen LogP contribution is -2.38. The molecule has 0 saturated heterocycles. The highest BCUT2D eigenvalue weighted by molar-refractivity contribution is 6.30. The standard InChI is InChI=1S/C13H19ClFNO2/c1-9(2)16-7-11(8-17-3)18-10-4-5-12(14)13(15)6-10/h4-6,9,11,16H,7-8H2,1-3H3. The van der Waals surface area contributed by atoms with Crippen LogP contribution in [0.2, 0.25) is 5.02 Å². The first-order valence-electron chi connectivity index (χ1n) is 5.87. The predicted molar refractivity (Wildman–Crippen MR) is 70.8 cm³/mol. The van der Waals surface area contributed by atoms with E-state index in [9.17, 15) is 4.39 Å². The van der Waals surface area contributed by atoms with Crippen LogP contribution >= 0.6 is 11.6 Å². The third kappa shape index (κ3) is 5.21. The van der Waals surface area contributed by atoms with Crippen molar-refractivity contribution in [2.75, 3.05) is 20.3 Å². The minimum absolute atomic E-state index is 0.0888. The Hall–Kier alpha value is -0.840. The average molecular weight is 276 g/mol. The third-order valence-electron chi connectivity index (χ3n) is 2.30. The Balaban J connectivity index is 2.61. The molecule has 0 radical (unpaired) electrons. The lowest BCUT2D eigenvalue weighted by Gasteiger charge is -2.20. The van der Waals surface area contributed by atoms with E-state index in [0.717, 1.165) is 0 Å². The van der Waals surface area contributed by atoms with Gasteiger partial charge in [-0.2, -0.15) is 0 Å². The van der Waals surface area contributed by atoms with Crippen LogP contribution in [-0.4, -0.2) is 32.4 Å². The van der Waals surface area contributed by atoms with Crippen molar-refractivity contribution in [2.24, 2.45) is 0 Å². The van der Waals surface area contributed by atoms with Gasteiger partial charge in [-0.3, -0.25) is 0 Å². The van der Waals surface area contributed by atoms with E-state index in [1.807, 2.05) is 13.8 Å². The van der Waals surface area contributed by atoms with Crippen molar-refractivity contribution >= 4 is 11.6 Å². The van der Waals surface area contributed by atoms with Gasteiger partial charge in [0.05, 0.1) is 11.6 Å². The molecule has 0 amide bonds. The van der Waals surface area contributed by atoms with E-state index in [1.165, 1.54) is 12.1 Å². The first kappa shape index (κ1) is 15.2. The summed E-state index contributed by atoms with van der Waals surface area (Å²) in [4.78, 5) is 0. The summed E-state index contributed by atoms with van der Waals surface area (Å²) in [6, 6.07) is 4.75. The van der Waals surface area contributed by atoms with Crippen molar-refractivity contribution in [1.29, 1.82) is 0 Å². The highest BCUT2D eigenvalue weighted by Gasteiger charge is 2.12. The first-order chi connectivity index (χ1) is 8.52. The number of nitrogens with one attached hydrogen (secondary N) is 1.